The standard InChI is InChI=1S/C26H45NO2Si2/c1-19(2)24-21-16-14-13-15-20(21)22(17-28-30(9,10)25(3,4)5)23(27-24)18-29-31(11,12)26(6,7)8/h13-16,19H,17-18H2,1-12H3. The van der Waals surface area contributed by atoms with E-state index in [0.29, 0.717) is 19.1 Å². The first-order valence-electron chi connectivity index (χ1n) is 11.7. The molecular formula is C26H45NO2Si2. The van der Waals surface area contributed by atoms with Crippen molar-refractivity contribution in [3.8, 4) is 0 Å². The van der Waals surface area contributed by atoms with Crippen molar-refractivity contribution in [2.75, 3.05) is 0 Å². The van der Waals surface area contributed by atoms with Gasteiger partial charge in [0.1, 0.15) is 0 Å². The quantitative estimate of drug-likeness (QED) is 0.389. The summed E-state index contributed by atoms with van der Waals surface area (Å²) >= 11 is 0. The van der Waals surface area contributed by atoms with Crippen molar-refractivity contribution in [3.63, 3.8) is 0 Å². The highest BCUT2D eigenvalue weighted by molar-refractivity contribution is 6.74. The van der Waals surface area contributed by atoms with Crippen LogP contribution in [0.1, 0.15) is 78.3 Å². The zero-order valence-electron chi connectivity index (χ0n) is 22.1. The molecule has 0 radical (unpaired) electrons. The molecule has 2 rings (SSSR count). The van der Waals surface area contributed by atoms with Crippen LogP contribution in [0.4, 0.5) is 0 Å². The second kappa shape index (κ2) is 9.08. The van der Waals surface area contributed by atoms with Crippen LogP contribution in [0.15, 0.2) is 24.3 Å². The number of benzene rings is 1. The molecule has 1 heterocycles. The predicted octanol–water partition coefficient (Wildman–Crippen LogP) is 8.40. The van der Waals surface area contributed by atoms with Crippen LogP contribution in [0.2, 0.25) is 36.3 Å². The van der Waals surface area contributed by atoms with Crippen LogP contribution in [0.5, 0.6) is 0 Å². The molecule has 0 amide bonds. The maximum atomic E-state index is 6.68. The van der Waals surface area contributed by atoms with Crippen molar-refractivity contribution in [3.05, 3.63) is 41.2 Å². The van der Waals surface area contributed by atoms with Crippen LogP contribution in [0.25, 0.3) is 10.8 Å². The van der Waals surface area contributed by atoms with Gasteiger partial charge in [-0.05, 0) is 47.6 Å². The molecule has 0 atom stereocenters. The van der Waals surface area contributed by atoms with E-state index in [1.54, 1.807) is 0 Å². The van der Waals surface area contributed by atoms with Gasteiger partial charge < -0.3 is 8.85 Å². The summed E-state index contributed by atoms with van der Waals surface area (Å²) in [6.07, 6.45) is 0. The Labute approximate surface area is 193 Å². The highest BCUT2D eigenvalue weighted by Crippen LogP contribution is 2.40. The summed E-state index contributed by atoms with van der Waals surface area (Å²) in [5.74, 6) is 0.354. The molecule has 0 bridgehead atoms. The minimum Gasteiger partial charge on any atom is -0.412 e. The van der Waals surface area contributed by atoms with Crippen LogP contribution in [-0.2, 0) is 22.1 Å². The molecule has 0 N–H and O–H groups in total. The minimum atomic E-state index is -1.88. The lowest BCUT2D eigenvalue weighted by Gasteiger charge is -2.37. The second-order valence-corrected chi connectivity index (χ2v) is 21.8. The van der Waals surface area contributed by atoms with Gasteiger partial charge in [-0.3, -0.25) is 4.98 Å². The Balaban J connectivity index is 2.56. The monoisotopic (exact) mass is 459 g/mol. The fraction of sp³-hybridized carbons (Fsp3) is 0.654. The van der Waals surface area contributed by atoms with Crippen molar-refractivity contribution in [1.29, 1.82) is 0 Å². The lowest BCUT2D eigenvalue weighted by molar-refractivity contribution is 0.254. The summed E-state index contributed by atoms with van der Waals surface area (Å²) in [4.78, 5) is 5.18. The van der Waals surface area contributed by atoms with Gasteiger partial charge in [0.05, 0.1) is 24.6 Å². The Hall–Kier alpha value is -1.02. The van der Waals surface area contributed by atoms with Crippen molar-refractivity contribution in [2.45, 2.75) is 111 Å². The lowest BCUT2D eigenvalue weighted by atomic mass is 9.97. The molecule has 1 aromatic heterocycles. The SMILES string of the molecule is CC(C)c1nc(CO[Si](C)(C)C(C)(C)C)c(CO[Si](C)(C)C(C)(C)C)c2ccccc12. The average molecular weight is 460 g/mol. The molecule has 174 valence electrons. The number of fused-ring (bicyclic) bond motifs is 1. The van der Waals surface area contributed by atoms with E-state index in [1.165, 1.54) is 16.3 Å². The second-order valence-electron chi connectivity index (χ2n) is 12.2. The van der Waals surface area contributed by atoms with E-state index < -0.39 is 16.6 Å². The van der Waals surface area contributed by atoms with Crippen LogP contribution in [0.3, 0.4) is 0 Å². The molecule has 0 spiro atoms. The topological polar surface area (TPSA) is 31.4 Å². The number of nitrogens with zero attached hydrogens (tertiary/aromatic N) is 1. The van der Waals surface area contributed by atoms with Gasteiger partial charge in [-0.1, -0.05) is 79.7 Å². The third kappa shape index (κ3) is 5.87. The number of hydrogen-bond donors (Lipinski definition) is 0. The predicted molar refractivity (Wildman–Crippen MR) is 140 cm³/mol. The molecule has 0 aliphatic heterocycles. The Morgan fingerprint density at radius 1 is 0.774 bits per heavy atom. The zero-order valence-corrected chi connectivity index (χ0v) is 24.1. The summed E-state index contributed by atoms with van der Waals surface area (Å²) in [6.45, 7) is 28.6. The van der Waals surface area contributed by atoms with Gasteiger partial charge in [0.15, 0.2) is 16.6 Å². The van der Waals surface area contributed by atoms with Crippen molar-refractivity contribution in [1.82, 2.24) is 4.98 Å². The summed E-state index contributed by atoms with van der Waals surface area (Å²) in [6, 6.07) is 8.66. The largest absolute Gasteiger partial charge is 0.412 e. The summed E-state index contributed by atoms with van der Waals surface area (Å²) in [7, 11) is -3.77. The van der Waals surface area contributed by atoms with Crippen LogP contribution < -0.4 is 0 Å². The summed E-state index contributed by atoms with van der Waals surface area (Å²) < 4.78 is 13.3. The van der Waals surface area contributed by atoms with E-state index in [2.05, 4.69) is 106 Å². The maximum absolute atomic E-state index is 6.68. The summed E-state index contributed by atoms with van der Waals surface area (Å²) in [5, 5.41) is 2.84. The third-order valence-electron chi connectivity index (χ3n) is 7.44. The molecule has 5 heteroatoms. The number of pyridine rings is 1. The van der Waals surface area contributed by atoms with Crippen LogP contribution in [0, 0.1) is 0 Å². The zero-order chi connectivity index (χ0) is 23.8. The van der Waals surface area contributed by atoms with Gasteiger partial charge in [0.25, 0.3) is 0 Å². The highest BCUT2D eigenvalue weighted by atomic mass is 28.4. The molecule has 0 saturated carbocycles. The van der Waals surface area contributed by atoms with E-state index in [-0.39, 0.29) is 10.1 Å². The Morgan fingerprint density at radius 2 is 1.23 bits per heavy atom. The van der Waals surface area contributed by atoms with E-state index in [4.69, 9.17) is 13.8 Å². The lowest BCUT2D eigenvalue weighted by Crippen LogP contribution is -2.41. The first kappa shape index (κ1) is 26.2. The Morgan fingerprint density at radius 3 is 1.68 bits per heavy atom. The van der Waals surface area contributed by atoms with Gasteiger partial charge >= 0.3 is 0 Å². The van der Waals surface area contributed by atoms with Crippen molar-refractivity contribution in [2.24, 2.45) is 0 Å². The first-order valence-corrected chi connectivity index (χ1v) is 17.5. The molecule has 3 nitrogen and oxygen atoms in total. The number of hydrogen-bond acceptors (Lipinski definition) is 3. The van der Waals surface area contributed by atoms with Gasteiger partial charge in [-0.15, -0.1) is 0 Å². The van der Waals surface area contributed by atoms with Crippen LogP contribution in [-0.4, -0.2) is 21.6 Å². The van der Waals surface area contributed by atoms with Crippen molar-refractivity contribution >= 4 is 27.4 Å². The molecule has 0 fully saturated rings. The molecule has 31 heavy (non-hydrogen) atoms. The Kier molecular flexibility index (Phi) is 7.69. The minimum absolute atomic E-state index is 0.169. The molecule has 2 aromatic rings. The van der Waals surface area contributed by atoms with Gasteiger partial charge in [-0.25, -0.2) is 0 Å². The molecule has 0 aliphatic carbocycles. The number of rotatable bonds is 7. The third-order valence-corrected chi connectivity index (χ3v) is 16.4. The molecular weight excluding hydrogens is 414 g/mol. The van der Waals surface area contributed by atoms with E-state index >= 15 is 0 Å². The van der Waals surface area contributed by atoms with E-state index in [1.807, 2.05) is 0 Å². The fourth-order valence-corrected chi connectivity index (χ4v) is 4.92. The first-order chi connectivity index (χ1) is 14.0. The average Bonchev–Trinajstić information content (AvgIpc) is 2.62. The molecule has 0 saturated heterocycles. The maximum Gasteiger partial charge on any atom is 0.192 e. The van der Waals surface area contributed by atoms with E-state index in [9.17, 15) is 0 Å². The molecule has 1 aromatic carbocycles. The smallest absolute Gasteiger partial charge is 0.192 e. The van der Waals surface area contributed by atoms with Gasteiger partial charge in [0, 0.05) is 10.9 Å². The number of aromatic nitrogens is 1. The van der Waals surface area contributed by atoms with Crippen LogP contribution >= 0.6 is 0 Å². The summed E-state index contributed by atoms with van der Waals surface area (Å²) in [5.41, 5.74) is 3.40. The normalized spacial score (nSPS) is 14.0. The van der Waals surface area contributed by atoms with Gasteiger partial charge in [-0.2, -0.15) is 0 Å². The highest BCUT2D eigenvalue weighted by Gasteiger charge is 2.39. The van der Waals surface area contributed by atoms with E-state index in [0.717, 1.165) is 11.4 Å². The molecule has 0 unspecified atom stereocenters. The molecule has 0 aliphatic rings. The Bertz CT molecular complexity index is 906. The van der Waals surface area contributed by atoms with Gasteiger partial charge in [0.2, 0.25) is 0 Å². The van der Waals surface area contributed by atoms with Crippen molar-refractivity contribution < 1.29 is 8.85 Å². The fourth-order valence-electron chi connectivity index (χ4n) is 3.05.